The number of hydrogen-bond donors (Lipinski definition) is 2. The molecule has 0 amide bonds. The van der Waals surface area contributed by atoms with E-state index in [0.29, 0.717) is 14.5 Å². The van der Waals surface area contributed by atoms with E-state index in [4.69, 9.17) is 11.6 Å². The molecule has 1 heterocycles. The van der Waals surface area contributed by atoms with Crippen LogP contribution in [0, 0.1) is 0 Å². The second-order valence-corrected chi connectivity index (χ2v) is 4.70. The maximum atomic E-state index is 9.73. The number of halogens is 3. The van der Waals surface area contributed by atoms with Gasteiger partial charge >= 0.3 is 0 Å². The molecule has 0 fully saturated rings. The van der Waals surface area contributed by atoms with Gasteiger partial charge in [0.25, 0.3) is 0 Å². The highest BCUT2D eigenvalue weighted by atomic mass is 79.9. The third-order valence-corrected chi connectivity index (χ3v) is 3.29. The Morgan fingerprint density at radius 3 is 2.21 bits per heavy atom. The third-order valence-electron chi connectivity index (χ3n) is 1.71. The number of alkyl halides is 1. The number of nitrogens with zero attached hydrogens (tertiary/aromatic N) is 1. The predicted octanol–water partition coefficient (Wildman–Crippen LogP) is 2.24. The number of aliphatic hydroxyl groups is 2. The second kappa shape index (κ2) is 5.42. The van der Waals surface area contributed by atoms with Gasteiger partial charge in [-0.1, -0.05) is 0 Å². The smallest absolute Gasteiger partial charge is 0.108 e. The van der Waals surface area contributed by atoms with Crippen molar-refractivity contribution in [2.75, 3.05) is 5.88 Å². The largest absolute Gasteiger partial charge is 0.389 e. The predicted molar refractivity (Wildman–Crippen MR) is 61.3 cm³/mol. The zero-order valence-electron chi connectivity index (χ0n) is 6.99. The summed E-state index contributed by atoms with van der Waals surface area (Å²) in [4.78, 5) is 3.89. The molecule has 3 nitrogen and oxygen atoms in total. The van der Waals surface area contributed by atoms with Gasteiger partial charge in [0.05, 0.1) is 12.0 Å². The summed E-state index contributed by atoms with van der Waals surface area (Å²) in [7, 11) is 0. The van der Waals surface area contributed by atoms with Crippen molar-refractivity contribution in [1.82, 2.24) is 4.98 Å². The highest BCUT2D eigenvalue weighted by Crippen LogP contribution is 2.31. The second-order valence-electron chi connectivity index (χ2n) is 2.68. The Labute approximate surface area is 103 Å². The molecule has 0 spiro atoms. The molecule has 0 saturated heterocycles. The lowest BCUT2D eigenvalue weighted by Crippen LogP contribution is -2.20. The number of pyridine rings is 1. The van der Waals surface area contributed by atoms with Crippen LogP contribution in [-0.2, 0) is 0 Å². The maximum Gasteiger partial charge on any atom is 0.108 e. The van der Waals surface area contributed by atoms with Crippen LogP contribution in [0.3, 0.4) is 0 Å². The van der Waals surface area contributed by atoms with Gasteiger partial charge in [-0.3, -0.25) is 4.98 Å². The highest BCUT2D eigenvalue weighted by molar-refractivity contribution is 9.11. The van der Waals surface area contributed by atoms with Crippen LogP contribution < -0.4 is 0 Å². The molecule has 0 radical (unpaired) electrons. The van der Waals surface area contributed by atoms with E-state index in [1.54, 1.807) is 12.4 Å². The maximum absolute atomic E-state index is 9.73. The van der Waals surface area contributed by atoms with Crippen LogP contribution in [0.1, 0.15) is 11.7 Å². The van der Waals surface area contributed by atoms with Gasteiger partial charge in [0, 0.05) is 26.9 Å². The van der Waals surface area contributed by atoms with Crippen molar-refractivity contribution in [3.63, 3.8) is 0 Å². The monoisotopic (exact) mass is 343 g/mol. The average Bonchev–Trinajstić information content (AvgIpc) is 2.16. The Morgan fingerprint density at radius 2 is 1.79 bits per heavy atom. The summed E-state index contributed by atoms with van der Waals surface area (Å²) in [5.74, 6) is -0.0254. The quantitative estimate of drug-likeness (QED) is 0.826. The van der Waals surface area contributed by atoms with Crippen molar-refractivity contribution < 1.29 is 10.2 Å². The zero-order chi connectivity index (χ0) is 10.7. The first-order chi connectivity index (χ1) is 6.57. The molecule has 1 aromatic rings. The van der Waals surface area contributed by atoms with Crippen LogP contribution in [0.2, 0.25) is 0 Å². The van der Waals surface area contributed by atoms with Gasteiger partial charge in [0.15, 0.2) is 0 Å². The van der Waals surface area contributed by atoms with Crippen molar-refractivity contribution >= 4 is 43.5 Å². The Hall–Kier alpha value is 0.320. The lowest BCUT2D eigenvalue weighted by Gasteiger charge is -2.18. The fraction of sp³-hybridized carbons (Fsp3) is 0.375. The first-order valence-electron chi connectivity index (χ1n) is 3.79. The van der Waals surface area contributed by atoms with E-state index in [9.17, 15) is 10.2 Å². The molecule has 0 bridgehead atoms. The number of aliphatic hydroxyl groups excluding tert-OH is 2. The summed E-state index contributed by atoms with van der Waals surface area (Å²) in [6, 6.07) is 0. The molecule has 6 heteroatoms. The summed E-state index contributed by atoms with van der Waals surface area (Å²) in [5.41, 5.74) is 0.549. The molecule has 14 heavy (non-hydrogen) atoms. The first-order valence-corrected chi connectivity index (χ1v) is 5.91. The lowest BCUT2D eigenvalue weighted by atomic mass is 10.1. The molecule has 78 valence electrons. The molecule has 0 aliphatic carbocycles. The van der Waals surface area contributed by atoms with Crippen LogP contribution in [0.4, 0.5) is 0 Å². The standard InChI is InChI=1S/C8H8Br2ClNO2/c9-4-2-12-3-5(10)7(4)8(14)6(13)1-11/h2-3,6,8,13-14H,1H2. The van der Waals surface area contributed by atoms with Crippen LogP contribution in [0.5, 0.6) is 0 Å². The van der Waals surface area contributed by atoms with Crippen LogP contribution >= 0.6 is 43.5 Å². The minimum absolute atomic E-state index is 0.0254. The lowest BCUT2D eigenvalue weighted by molar-refractivity contribution is 0.0317. The van der Waals surface area contributed by atoms with Crippen molar-refractivity contribution in [3.05, 3.63) is 26.9 Å². The normalized spacial score (nSPS) is 15.2. The van der Waals surface area contributed by atoms with E-state index in [1.807, 2.05) is 0 Å². The van der Waals surface area contributed by atoms with Crippen LogP contribution in [0.15, 0.2) is 21.3 Å². The van der Waals surface area contributed by atoms with Gasteiger partial charge in [-0.05, 0) is 31.9 Å². The van der Waals surface area contributed by atoms with Crippen molar-refractivity contribution in [2.45, 2.75) is 12.2 Å². The summed E-state index contributed by atoms with van der Waals surface area (Å²) >= 11 is 11.9. The van der Waals surface area contributed by atoms with E-state index in [2.05, 4.69) is 36.8 Å². The Kier molecular flexibility index (Phi) is 4.79. The molecule has 2 N–H and O–H groups in total. The van der Waals surface area contributed by atoms with E-state index in [-0.39, 0.29) is 5.88 Å². The summed E-state index contributed by atoms with van der Waals surface area (Å²) < 4.78 is 1.26. The molecular formula is C8H8Br2ClNO2. The average molecular weight is 345 g/mol. The Bertz CT molecular complexity index is 304. The molecule has 1 rings (SSSR count). The number of hydrogen-bond acceptors (Lipinski definition) is 3. The van der Waals surface area contributed by atoms with Gasteiger partial charge in [-0.2, -0.15) is 0 Å². The Balaban J connectivity index is 3.05. The SMILES string of the molecule is OC(CCl)C(O)c1c(Br)cncc1Br. The van der Waals surface area contributed by atoms with E-state index < -0.39 is 12.2 Å². The molecule has 0 aliphatic heterocycles. The number of aromatic nitrogens is 1. The van der Waals surface area contributed by atoms with Crippen molar-refractivity contribution in [3.8, 4) is 0 Å². The molecule has 0 aliphatic rings. The van der Waals surface area contributed by atoms with Crippen LogP contribution in [0.25, 0.3) is 0 Å². The van der Waals surface area contributed by atoms with Gasteiger partial charge in [0.1, 0.15) is 6.10 Å². The van der Waals surface area contributed by atoms with Crippen molar-refractivity contribution in [1.29, 1.82) is 0 Å². The molecule has 2 unspecified atom stereocenters. The molecular weight excluding hydrogens is 337 g/mol. The minimum atomic E-state index is -1.03. The van der Waals surface area contributed by atoms with Gasteiger partial charge in [-0.15, -0.1) is 11.6 Å². The minimum Gasteiger partial charge on any atom is -0.389 e. The van der Waals surface area contributed by atoms with Crippen LogP contribution in [-0.4, -0.2) is 27.2 Å². The van der Waals surface area contributed by atoms with Crippen molar-refractivity contribution in [2.24, 2.45) is 0 Å². The van der Waals surface area contributed by atoms with Gasteiger partial charge in [0.2, 0.25) is 0 Å². The zero-order valence-corrected chi connectivity index (χ0v) is 10.9. The summed E-state index contributed by atoms with van der Waals surface area (Å²) in [6.07, 6.45) is 1.07. The fourth-order valence-electron chi connectivity index (χ4n) is 0.981. The Morgan fingerprint density at radius 1 is 1.29 bits per heavy atom. The van der Waals surface area contributed by atoms with Gasteiger partial charge < -0.3 is 10.2 Å². The molecule has 2 atom stereocenters. The summed E-state index contributed by atoms with van der Waals surface area (Å²) in [6.45, 7) is 0. The summed E-state index contributed by atoms with van der Waals surface area (Å²) in [5, 5.41) is 19.1. The topological polar surface area (TPSA) is 53.4 Å². The molecule has 1 aromatic heterocycles. The first kappa shape index (κ1) is 12.4. The molecule has 0 saturated carbocycles. The third kappa shape index (κ3) is 2.67. The van der Waals surface area contributed by atoms with E-state index in [0.717, 1.165) is 0 Å². The highest BCUT2D eigenvalue weighted by Gasteiger charge is 2.22. The van der Waals surface area contributed by atoms with Gasteiger partial charge in [-0.25, -0.2) is 0 Å². The van der Waals surface area contributed by atoms with E-state index in [1.165, 1.54) is 0 Å². The number of rotatable bonds is 3. The fourth-order valence-corrected chi connectivity index (χ4v) is 2.55. The van der Waals surface area contributed by atoms with E-state index >= 15 is 0 Å². The molecule has 0 aromatic carbocycles.